The largest absolute Gasteiger partial charge is 0.481 e. The average Bonchev–Trinajstić information content (AvgIpc) is 2.56. The Balaban J connectivity index is 1.91. The van der Waals surface area contributed by atoms with Crippen LogP contribution in [0.3, 0.4) is 0 Å². The fourth-order valence-corrected chi connectivity index (χ4v) is 2.89. The number of nitrogens with zero attached hydrogens (tertiary/aromatic N) is 1. The summed E-state index contributed by atoms with van der Waals surface area (Å²) in [6.07, 6.45) is 1.52. The molecule has 1 aromatic rings. The monoisotopic (exact) mass is 341 g/mol. The molecule has 0 saturated carbocycles. The Morgan fingerprint density at radius 2 is 2.12 bits per heavy atom. The molecule has 1 fully saturated rings. The van der Waals surface area contributed by atoms with E-state index in [0.29, 0.717) is 19.5 Å². The molecule has 1 saturated heterocycles. The van der Waals surface area contributed by atoms with Crippen molar-refractivity contribution in [3.05, 3.63) is 29.8 Å². The van der Waals surface area contributed by atoms with Gasteiger partial charge in [-0.2, -0.15) is 0 Å². The quantitative estimate of drug-likeness (QED) is 0.864. The van der Waals surface area contributed by atoms with Crippen LogP contribution in [0.15, 0.2) is 18.2 Å². The normalized spacial score (nSPS) is 19.0. The molecule has 0 bridgehead atoms. The van der Waals surface area contributed by atoms with Crippen molar-refractivity contribution in [2.75, 3.05) is 13.1 Å². The number of amides is 1. The van der Waals surface area contributed by atoms with E-state index >= 15 is 0 Å². The number of piperidine rings is 1. The van der Waals surface area contributed by atoms with Crippen LogP contribution < -0.4 is 4.74 Å². The molecule has 0 radical (unpaired) electrons. The average molecular weight is 341 g/mol. The SMILES string of the molecule is C[C@H](Oc1ccc(F)c(F)c1)C(=O)N1CCC[C@@H](CCC(=O)O)C1. The molecule has 0 aromatic heterocycles. The molecule has 0 spiro atoms. The third kappa shape index (κ3) is 4.91. The van der Waals surface area contributed by atoms with Crippen LogP contribution in [0, 0.1) is 17.6 Å². The molecule has 132 valence electrons. The maximum Gasteiger partial charge on any atom is 0.303 e. The van der Waals surface area contributed by atoms with Crippen molar-refractivity contribution in [1.29, 1.82) is 0 Å². The number of hydrogen-bond acceptors (Lipinski definition) is 3. The number of rotatable bonds is 6. The van der Waals surface area contributed by atoms with Gasteiger partial charge in [0.2, 0.25) is 0 Å². The van der Waals surface area contributed by atoms with Gasteiger partial charge in [0.1, 0.15) is 5.75 Å². The number of carbonyl (C=O) groups excluding carboxylic acids is 1. The zero-order valence-electron chi connectivity index (χ0n) is 13.5. The molecule has 2 rings (SSSR count). The molecule has 1 N–H and O–H groups in total. The smallest absolute Gasteiger partial charge is 0.303 e. The van der Waals surface area contributed by atoms with Crippen LogP contribution in [0.5, 0.6) is 5.75 Å². The van der Waals surface area contributed by atoms with E-state index in [1.165, 1.54) is 6.07 Å². The van der Waals surface area contributed by atoms with Crippen molar-refractivity contribution >= 4 is 11.9 Å². The molecule has 0 aliphatic carbocycles. The summed E-state index contributed by atoms with van der Waals surface area (Å²) in [5.41, 5.74) is 0. The second kappa shape index (κ2) is 8.08. The Morgan fingerprint density at radius 1 is 1.38 bits per heavy atom. The summed E-state index contributed by atoms with van der Waals surface area (Å²) in [5.74, 6) is -2.82. The fourth-order valence-electron chi connectivity index (χ4n) is 2.89. The fraction of sp³-hybridized carbons (Fsp3) is 0.529. The number of aliphatic carboxylic acids is 1. The molecule has 1 aromatic carbocycles. The lowest BCUT2D eigenvalue weighted by molar-refractivity contribution is -0.140. The highest BCUT2D eigenvalue weighted by Gasteiger charge is 2.28. The summed E-state index contributed by atoms with van der Waals surface area (Å²) in [7, 11) is 0. The lowest BCUT2D eigenvalue weighted by Gasteiger charge is -2.34. The third-order valence-electron chi connectivity index (χ3n) is 4.15. The van der Waals surface area contributed by atoms with Gasteiger partial charge in [-0.15, -0.1) is 0 Å². The molecule has 24 heavy (non-hydrogen) atoms. The van der Waals surface area contributed by atoms with E-state index in [-0.39, 0.29) is 24.0 Å². The maximum atomic E-state index is 13.2. The summed E-state index contributed by atoms with van der Waals surface area (Å²) < 4.78 is 31.5. The highest BCUT2D eigenvalue weighted by Crippen LogP contribution is 2.23. The Morgan fingerprint density at radius 3 is 2.79 bits per heavy atom. The van der Waals surface area contributed by atoms with E-state index in [4.69, 9.17) is 9.84 Å². The lowest BCUT2D eigenvalue weighted by Crippen LogP contribution is -2.45. The van der Waals surface area contributed by atoms with Gasteiger partial charge in [0.05, 0.1) is 0 Å². The Kier molecular flexibility index (Phi) is 6.11. The first-order valence-corrected chi connectivity index (χ1v) is 7.99. The van der Waals surface area contributed by atoms with Crippen LogP contribution in [0.2, 0.25) is 0 Å². The Hall–Kier alpha value is -2.18. The minimum atomic E-state index is -1.03. The van der Waals surface area contributed by atoms with Crippen LogP contribution in [-0.2, 0) is 9.59 Å². The maximum absolute atomic E-state index is 13.2. The van der Waals surface area contributed by atoms with Crippen molar-refractivity contribution in [3.8, 4) is 5.75 Å². The van der Waals surface area contributed by atoms with E-state index < -0.39 is 23.7 Å². The van der Waals surface area contributed by atoms with Gasteiger partial charge in [-0.25, -0.2) is 8.78 Å². The zero-order valence-corrected chi connectivity index (χ0v) is 13.5. The predicted octanol–water partition coefficient (Wildman–Crippen LogP) is 2.84. The van der Waals surface area contributed by atoms with E-state index in [0.717, 1.165) is 25.0 Å². The number of ether oxygens (including phenoxy) is 1. The van der Waals surface area contributed by atoms with Crippen LogP contribution in [0.25, 0.3) is 0 Å². The second-order valence-electron chi connectivity index (χ2n) is 6.06. The molecule has 5 nitrogen and oxygen atoms in total. The molecule has 1 heterocycles. The van der Waals surface area contributed by atoms with Crippen molar-refractivity contribution < 1.29 is 28.2 Å². The molecule has 2 atom stereocenters. The zero-order chi connectivity index (χ0) is 17.7. The Bertz CT molecular complexity index is 608. The highest BCUT2D eigenvalue weighted by atomic mass is 19.2. The topological polar surface area (TPSA) is 66.8 Å². The minimum Gasteiger partial charge on any atom is -0.481 e. The van der Waals surface area contributed by atoms with Crippen molar-refractivity contribution in [3.63, 3.8) is 0 Å². The molecule has 0 unspecified atom stereocenters. The number of carbonyl (C=O) groups is 2. The summed E-state index contributed by atoms with van der Waals surface area (Å²) in [6.45, 7) is 2.65. The van der Waals surface area contributed by atoms with E-state index in [2.05, 4.69) is 0 Å². The summed E-state index contributed by atoms with van der Waals surface area (Å²) in [4.78, 5) is 24.8. The standard InChI is InChI=1S/C17H21F2NO4/c1-11(24-13-5-6-14(18)15(19)9-13)17(23)20-8-2-3-12(10-20)4-7-16(21)22/h5-6,9,11-12H,2-4,7-8,10H2,1H3,(H,21,22)/t11-,12-/m0/s1. The van der Waals surface area contributed by atoms with Crippen molar-refractivity contribution in [1.82, 2.24) is 4.90 Å². The second-order valence-corrected chi connectivity index (χ2v) is 6.06. The number of carboxylic acid groups (broad SMARTS) is 1. The lowest BCUT2D eigenvalue weighted by atomic mass is 9.93. The van der Waals surface area contributed by atoms with Crippen LogP contribution in [0.4, 0.5) is 8.78 Å². The molecule has 1 aliphatic heterocycles. The summed E-state index contributed by atoms with van der Waals surface area (Å²) in [6, 6.07) is 3.13. The first kappa shape index (κ1) is 18.2. The van der Waals surface area contributed by atoms with Gasteiger partial charge >= 0.3 is 5.97 Å². The predicted molar refractivity (Wildman–Crippen MR) is 82.6 cm³/mol. The summed E-state index contributed by atoms with van der Waals surface area (Å²) >= 11 is 0. The minimum absolute atomic E-state index is 0.0909. The summed E-state index contributed by atoms with van der Waals surface area (Å²) in [5, 5.41) is 8.76. The van der Waals surface area contributed by atoms with Crippen LogP contribution in [0.1, 0.15) is 32.6 Å². The number of hydrogen-bond donors (Lipinski definition) is 1. The van der Waals surface area contributed by atoms with Gasteiger partial charge in [0, 0.05) is 25.6 Å². The van der Waals surface area contributed by atoms with Crippen molar-refractivity contribution in [2.24, 2.45) is 5.92 Å². The van der Waals surface area contributed by atoms with Gasteiger partial charge in [-0.1, -0.05) is 0 Å². The van der Waals surface area contributed by atoms with Gasteiger partial charge < -0.3 is 14.7 Å². The molecular formula is C17H21F2NO4. The highest BCUT2D eigenvalue weighted by molar-refractivity contribution is 5.81. The van der Waals surface area contributed by atoms with E-state index in [1.807, 2.05) is 0 Å². The number of benzene rings is 1. The van der Waals surface area contributed by atoms with Gasteiger partial charge in [0.15, 0.2) is 17.7 Å². The molecule has 1 aliphatic rings. The number of halogens is 2. The number of likely N-dealkylation sites (tertiary alicyclic amines) is 1. The van der Waals surface area contributed by atoms with Gasteiger partial charge in [-0.05, 0) is 44.2 Å². The van der Waals surface area contributed by atoms with Crippen LogP contribution in [-0.4, -0.2) is 41.1 Å². The third-order valence-corrected chi connectivity index (χ3v) is 4.15. The molecule has 1 amide bonds. The molecular weight excluding hydrogens is 320 g/mol. The molecule has 7 heteroatoms. The first-order chi connectivity index (χ1) is 11.4. The van der Waals surface area contributed by atoms with E-state index in [9.17, 15) is 18.4 Å². The van der Waals surface area contributed by atoms with Gasteiger partial charge in [0.25, 0.3) is 5.91 Å². The number of carboxylic acids is 1. The first-order valence-electron chi connectivity index (χ1n) is 7.99. The van der Waals surface area contributed by atoms with Gasteiger partial charge in [-0.3, -0.25) is 9.59 Å². The van der Waals surface area contributed by atoms with E-state index in [1.54, 1.807) is 11.8 Å². The van der Waals surface area contributed by atoms with Crippen LogP contribution >= 0.6 is 0 Å². The Labute approximate surface area is 139 Å². The van der Waals surface area contributed by atoms with Crippen molar-refractivity contribution in [2.45, 2.75) is 38.7 Å².